The summed E-state index contributed by atoms with van der Waals surface area (Å²) in [6.45, 7) is 2.50. The van der Waals surface area contributed by atoms with Crippen molar-refractivity contribution >= 4 is 39.6 Å². The molecule has 0 spiro atoms. The fraction of sp³-hybridized carbons (Fsp3) is 0.118. The molecule has 0 saturated heterocycles. The molecule has 0 saturated carbocycles. The fourth-order valence-corrected chi connectivity index (χ4v) is 2.19. The maximum Gasteiger partial charge on any atom is 0.329 e. The van der Waals surface area contributed by atoms with Gasteiger partial charge in [-0.2, -0.15) is 5.10 Å². The van der Waals surface area contributed by atoms with E-state index < -0.39 is 11.8 Å². The molecule has 2 aromatic rings. The molecule has 0 unspecified atom stereocenters. The Hall–Kier alpha value is -2.67. The van der Waals surface area contributed by atoms with E-state index in [0.717, 1.165) is 15.8 Å². The van der Waals surface area contributed by atoms with Crippen LogP contribution in [0.5, 0.6) is 5.75 Å². The van der Waals surface area contributed by atoms with Gasteiger partial charge in [-0.3, -0.25) is 9.59 Å². The second kappa shape index (κ2) is 8.83. The van der Waals surface area contributed by atoms with E-state index in [1.54, 1.807) is 42.5 Å². The summed E-state index contributed by atoms with van der Waals surface area (Å²) >= 11 is 3.29. The van der Waals surface area contributed by atoms with Gasteiger partial charge in [-0.05, 0) is 55.0 Å². The van der Waals surface area contributed by atoms with Gasteiger partial charge in [0.25, 0.3) is 0 Å². The number of hydrogen-bond donors (Lipinski definition) is 2. The highest BCUT2D eigenvalue weighted by Gasteiger charge is 2.12. The van der Waals surface area contributed by atoms with Gasteiger partial charge < -0.3 is 10.1 Å². The van der Waals surface area contributed by atoms with E-state index >= 15 is 0 Å². The van der Waals surface area contributed by atoms with Crippen molar-refractivity contribution in [1.29, 1.82) is 0 Å². The number of rotatable bonds is 5. The molecule has 0 aliphatic heterocycles. The SMILES string of the molecule is CCOc1ccc(/C=N\NC(=O)C(=O)Nc2cccc(Br)c2)cc1. The summed E-state index contributed by atoms with van der Waals surface area (Å²) in [5, 5.41) is 6.24. The molecule has 124 valence electrons. The molecule has 0 fully saturated rings. The first-order valence-electron chi connectivity index (χ1n) is 7.21. The van der Waals surface area contributed by atoms with Crippen molar-refractivity contribution in [3.63, 3.8) is 0 Å². The van der Waals surface area contributed by atoms with Crippen LogP contribution in [0.4, 0.5) is 5.69 Å². The van der Waals surface area contributed by atoms with Crippen LogP contribution in [0.15, 0.2) is 58.1 Å². The van der Waals surface area contributed by atoms with Gasteiger partial charge in [0.15, 0.2) is 0 Å². The topological polar surface area (TPSA) is 79.8 Å². The van der Waals surface area contributed by atoms with Gasteiger partial charge >= 0.3 is 11.8 Å². The number of anilines is 1. The Labute approximate surface area is 148 Å². The number of nitrogens with zero attached hydrogens (tertiary/aromatic N) is 1. The van der Waals surface area contributed by atoms with Crippen LogP contribution < -0.4 is 15.5 Å². The van der Waals surface area contributed by atoms with Gasteiger partial charge in [-0.1, -0.05) is 22.0 Å². The molecular formula is C17H16BrN3O3. The van der Waals surface area contributed by atoms with Gasteiger partial charge in [0, 0.05) is 10.2 Å². The zero-order valence-electron chi connectivity index (χ0n) is 13.0. The number of hydrogen-bond acceptors (Lipinski definition) is 4. The van der Waals surface area contributed by atoms with Gasteiger partial charge in [-0.25, -0.2) is 5.43 Å². The molecule has 0 aliphatic carbocycles. The Morgan fingerprint density at radius 3 is 2.58 bits per heavy atom. The summed E-state index contributed by atoms with van der Waals surface area (Å²) in [5.41, 5.74) is 3.46. The Morgan fingerprint density at radius 2 is 1.92 bits per heavy atom. The Kier molecular flexibility index (Phi) is 6.51. The monoisotopic (exact) mass is 389 g/mol. The van der Waals surface area contributed by atoms with Gasteiger partial charge in [0.1, 0.15) is 5.75 Å². The van der Waals surface area contributed by atoms with Crippen molar-refractivity contribution in [1.82, 2.24) is 5.43 Å². The third kappa shape index (κ3) is 5.51. The second-order valence-electron chi connectivity index (χ2n) is 4.67. The van der Waals surface area contributed by atoms with Crippen LogP contribution in [0, 0.1) is 0 Å². The minimum Gasteiger partial charge on any atom is -0.494 e. The van der Waals surface area contributed by atoms with Crippen LogP contribution in [0.1, 0.15) is 12.5 Å². The fourth-order valence-electron chi connectivity index (χ4n) is 1.79. The van der Waals surface area contributed by atoms with Gasteiger partial charge in [0.05, 0.1) is 12.8 Å². The summed E-state index contributed by atoms with van der Waals surface area (Å²) in [6, 6.07) is 14.1. The predicted octanol–water partition coefficient (Wildman–Crippen LogP) is 2.94. The number of carbonyl (C=O) groups is 2. The summed E-state index contributed by atoms with van der Waals surface area (Å²) in [6.07, 6.45) is 1.44. The van der Waals surface area contributed by atoms with Crippen molar-refractivity contribution < 1.29 is 14.3 Å². The molecule has 7 heteroatoms. The lowest BCUT2D eigenvalue weighted by atomic mass is 10.2. The molecule has 2 rings (SSSR count). The normalized spacial score (nSPS) is 10.4. The summed E-state index contributed by atoms with van der Waals surface area (Å²) in [4.78, 5) is 23.4. The van der Waals surface area contributed by atoms with E-state index in [-0.39, 0.29) is 0 Å². The third-order valence-corrected chi connectivity index (χ3v) is 3.35. The lowest BCUT2D eigenvalue weighted by Gasteiger charge is -2.04. The van der Waals surface area contributed by atoms with Crippen LogP contribution in [0.3, 0.4) is 0 Å². The predicted molar refractivity (Wildman–Crippen MR) is 96.1 cm³/mol. The van der Waals surface area contributed by atoms with Crippen LogP contribution in [-0.4, -0.2) is 24.6 Å². The molecule has 0 aliphatic rings. The third-order valence-electron chi connectivity index (χ3n) is 2.86. The first-order valence-corrected chi connectivity index (χ1v) is 8.00. The van der Waals surface area contributed by atoms with Crippen molar-refractivity contribution in [2.24, 2.45) is 5.10 Å². The highest BCUT2D eigenvalue weighted by molar-refractivity contribution is 9.10. The first-order chi connectivity index (χ1) is 11.6. The van der Waals surface area contributed by atoms with Crippen LogP contribution in [0.25, 0.3) is 0 Å². The van der Waals surface area contributed by atoms with Gasteiger partial charge in [0.2, 0.25) is 0 Å². The average Bonchev–Trinajstić information content (AvgIpc) is 2.56. The minimum absolute atomic E-state index is 0.514. The van der Waals surface area contributed by atoms with Crippen LogP contribution in [0.2, 0.25) is 0 Å². The van der Waals surface area contributed by atoms with Gasteiger partial charge in [-0.15, -0.1) is 0 Å². The number of ether oxygens (including phenoxy) is 1. The van der Waals surface area contributed by atoms with E-state index in [1.807, 2.05) is 13.0 Å². The Balaban J connectivity index is 1.86. The quantitative estimate of drug-likeness (QED) is 0.468. The Bertz CT molecular complexity index is 745. The van der Waals surface area contributed by atoms with Crippen molar-refractivity contribution in [2.75, 3.05) is 11.9 Å². The zero-order chi connectivity index (χ0) is 17.4. The smallest absolute Gasteiger partial charge is 0.329 e. The first kappa shape index (κ1) is 17.7. The maximum atomic E-state index is 11.8. The standard InChI is InChI=1S/C17H16BrN3O3/c1-2-24-15-8-6-12(7-9-15)11-19-21-17(23)16(22)20-14-5-3-4-13(18)10-14/h3-11H,2H2,1H3,(H,20,22)(H,21,23)/b19-11-. The highest BCUT2D eigenvalue weighted by atomic mass is 79.9. The van der Waals surface area contributed by atoms with E-state index in [9.17, 15) is 9.59 Å². The number of benzene rings is 2. The molecule has 0 atom stereocenters. The largest absolute Gasteiger partial charge is 0.494 e. The summed E-state index contributed by atoms with van der Waals surface area (Å²) in [7, 11) is 0. The molecular weight excluding hydrogens is 374 g/mol. The molecule has 6 nitrogen and oxygen atoms in total. The van der Waals surface area contributed by atoms with Crippen molar-refractivity contribution in [2.45, 2.75) is 6.92 Å². The number of halogens is 1. The summed E-state index contributed by atoms with van der Waals surface area (Å²) < 4.78 is 6.13. The van der Waals surface area contributed by atoms with Crippen LogP contribution in [-0.2, 0) is 9.59 Å². The minimum atomic E-state index is -0.850. The molecule has 0 heterocycles. The molecule has 2 aromatic carbocycles. The molecule has 24 heavy (non-hydrogen) atoms. The molecule has 0 radical (unpaired) electrons. The average molecular weight is 390 g/mol. The molecule has 0 bridgehead atoms. The van der Waals surface area contributed by atoms with E-state index in [1.165, 1.54) is 6.21 Å². The molecule has 0 aromatic heterocycles. The van der Waals surface area contributed by atoms with E-state index in [0.29, 0.717) is 12.3 Å². The second-order valence-corrected chi connectivity index (χ2v) is 5.58. The lowest BCUT2D eigenvalue weighted by Crippen LogP contribution is -2.32. The lowest BCUT2D eigenvalue weighted by molar-refractivity contribution is -0.136. The number of amides is 2. The zero-order valence-corrected chi connectivity index (χ0v) is 14.5. The molecule has 2 amide bonds. The van der Waals surface area contributed by atoms with E-state index in [2.05, 4.69) is 31.8 Å². The number of hydrazone groups is 1. The number of carbonyl (C=O) groups excluding carboxylic acids is 2. The Morgan fingerprint density at radius 1 is 1.17 bits per heavy atom. The van der Waals surface area contributed by atoms with E-state index in [4.69, 9.17) is 4.74 Å². The highest BCUT2D eigenvalue weighted by Crippen LogP contribution is 2.15. The molecule has 2 N–H and O–H groups in total. The summed E-state index contributed by atoms with van der Waals surface area (Å²) in [5.74, 6) is -0.888. The van der Waals surface area contributed by atoms with Crippen LogP contribution >= 0.6 is 15.9 Å². The van der Waals surface area contributed by atoms with Crippen molar-refractivity contribution in [3.05, 3.63) is 58.6 Å². The van der Waals surface area contributed by atoms with Crippen molar-refractivity contribution in [3.8, 4) is 5.75 Å². The maximum absolute atomic E-state index is 11.8. The number of nitrogens with one attached hydrogen (secondary N) is 2.